The summed E-state index contributed by atoms with van der Waals surface area (Å²) < 4.78 is 12.9. The predicted octanol–water partition coefficient (Wildman–Crippen LogP) is 5.10. The first-order valence-electron chi connectivity index (χ1n) is 15.2. The van der Waals surface area contributed by atoms with Crippen molar-refractivity contribution in [2.75, 3.05) is 43.4 Å². The van der Waals surface area contributed by atoms with Gasteiger partial charge in [-0.05, 0) is 62.6 Å². The van der Waals surface area contributed by atoms with Crippen molar-refractivity contribution in [3.8, 4) is 23.4 Å². The monoisotopic (exact) mass is 606 g/mol. The molecule has 232 valence electrons. The first-order chi connectivity index (χ1) is 21.8. The number of hydrogen-bond acceptors (Lipinski definition) is 10. The number of carbonyl (C=O) groups is 1. The molecule has 45 heavy (non-hydrogen) atoms. The van der Waals surface area contributed by atoms with E-state index in [2.05, 4.69) is 41.3 Å². The van der Waals surface area contributed by atoms with Crippen molar-refractivity contribution in [3.63, 3.8) is 0 Å². The van der Waals surface area contributed by atoms with Gasteiger partial charge in [0.2, 0.25) is 11.8 Å². The molecule has 0 saturated carbocycles. The lowest BCUT2D eigenvalue weighted by molar-refractivity contribution is -0.126. The zero-order chi connectivity index (χ0) is 31.7. The lowest BCUT2D eigenvalue weighted by Crippen LogP contribution is -2.48. The summed E-state index contributed by atoms with van der Waals surface area (Å²) >= 11 is 0. The summed E-state index contributed by atoms with van der Waals surface area (Å²) in [6.07, 6.45) is 5.04. The van der Waals surface area contributed by atoms with E-state index in [9.17, 15) is 4.79 Å². The zero-order valence-corrected chi connectivity index (χ0v) is 25.9. The van der Waals surface area contributed by atoms with Crippen LogP contribution in [0.3, 0.4) is 0 Å². The van der Waals surface area contributed by atoms with E-state index in [0.717, 1.165) is 41.8 Å². The van der Waals surface area contributed by atoms with E-state index < -0.39 is 0 Å². The van der Waals surface area contributed by atoms with Crippen molar-refractivity contribution in [2.24, 2.45) is 0 Å². The van der Waals surface area contributed by atoms with Crippen molar-refractivity contribution in [3.05, 3.63) is 77.5 Å². The lowest BCUT2D eigenvalue weighted by Gasteiger charge is -2.35. The number of aromatic nitrogens is 3. The van der Waals surface area contributed by atoms with Crippen LogP contribution in [0.1, 0.15) is 36.1 Å². The second kappa shape index (κ2) is 12.5. The number of nitrogens with one attached hydrogen (secondary N) is 1. The molecule has 4 aromatic rings. The summed E-state index contributed by atoms with van der Waals surface area (Å²) in [5, 5.41) is 8.69. The largest absolute Gasteiger partial charge is 0.436 e. The molecule has 6 rings (SSSR count). The standard InChI is InChI=1S/C34H38N8O3/c1-5-29(43)40-15-17-41(18-16-40)32-25-11-13-37-33(45-31-22(4)9-10-27(36)26(31)19-35)30(25)38-34(39-32)44-28-8-6-7-23-20-42(21(2)3)14-12-24(23)28/h5-11,13,19,21,35H,1,12,14-18,20,36H2,2-4H3. The number of hydrogen-bond donors (Lipinski definition) is 2. The quantitative estimate of drug-likeness (QED) is 0.160. The molecule has 1 saturated heterocycles. The Hall–Kier alpha value is -5.03. The first-order valence-corrected chi connectivity index (χ1v) is 15.2. The number of carbonyl (C=O) groups excluding carboxylic acids is 1. The molecular weight excluding hydrogens is 568 g/mol. The van der Waals surface area contributed by atoms with Gasteiger partial charge in [0.25, 0.3) is 0 Å². The topological polar surface area (TPSA) is 134 Å². The van der Waals surface area contributed by atoms with Crippen molar-refractivity contribution in [2.45, 2.75) is 39.8 Å². The molecule has 0 radical (unpaired) electrons. The first kappa shape index (κ1) is 30.0. The molecule has 2 aliphatic rings. The third-order valence-electron chi connectivity index (χ3n) is 8.56. The van der Waals surface area contributed by atoms with Crippen LogP contribution >= 0.6 is 0 Å². The number of anilines is 2. The van der Waals surface area contributed by atoms with E-state index in [1.54, 1.807) is 17.2 Å². The average molecular weight is 607 g/mol. The number of rotatable bonds is 8. The number of nitrogens with two attached hydrogens (primary N) is 1. The minimum atomic E-state index is -0.0875. The van der Waals surface area contributed by atoms with E-state index in [0.29, 0.717) is 60.6 Å². The molecule has 1 amide bonds. The van der Waals surface area contributed by atoms with Crippen LogP contribution in [0, 0.1) is 12.3 Å². The highest BCUT2D eigenvalue weighted by Gasteiger charge is 2.26. The third kappa shape index (κ3) is 5.91. The average Bonchev–Trinajstić information content (AvgIpc) is 3.06. The van der Waals surface area contributed by atoms with Crippen molar-refractivity contribution in [1.29, 1.82) is 5.41 Å². The van der Waals surface area contributed by atoms with Gasteiger partial charge < -0.3 is 30.4 Å². The van der Waals surface area contributed by atoms with Crippen LogP contribution < -0.4 is 20.1 Å². The van der Waals surface area contributed by atoms with Gasteiger partial charge in [-0.3, -0.25) is 9.69 Å². The van der Waals surface area contributed by atoms with Crippen molar-refractivity contribution < 1.29 is 14.3 Å². The van der Waals surface area contributed by atoms with Gasteiger partial charge in [0.1, 0.15) is 22.8 Å². The minimum absolute atomic E-state index is 0.0875. The van der Waals surface area contributed by atoms with E-state index in [1.807, 2.05) is 31.2 Å². The number of benzene rings is 2. The number of amides is 1. The molecule has 2 aliphatic heterocycles. The Morgan fingerprint density at radius 3 is 2.60 bits per heavy atom. The Morgan fingerprint density at radius 1 is 1.07 bits per heavy atom. The fraction of sp³-hybridized carbons (Fsp3) is 0.324. The number of piperazine rings is 1. The van der Waals surface area contributed by atoms with Gasteiger partial charge >= 0.3 is 6.01 Å². The maximum Gasteiger partial charge on any atom is 0.324 e. The fourth-order valence-corrected chi connectivity index (χ4v) is 5.96. The second-order valence-corrected chi connectivity index (χ2v) is 11.6. The van der Waals surface area contributed by atoms with Gasteiger partial charge in [-0.1, -0.05) is 24.8 Å². The molecule has 11 heteroatoms. The molecule has 0 atom stereocenters. The molecule has 0 spiro atoms. The fourth-order valence-electron chi connectivity index (χ4n) is 5.96. The predicted molar refractivity (Wildman–Crippen MR) is 176 cm³/mol. The van der Waals surface area contributed by atoms with Gasteiger partial charge in [0.15, 0.2) is 0 Å². The SMILES string of the molecule is C=CC(=O)N1CCN(c2nc(Oc3cccc4c3CCN(C(C)C)C4)nc3c(Oc4c(C)ccc(N)c4C=N)nccc23)CC1. The van der Waals surface area contributed by atoms with Crippen LogP contribution in [0.2, 0.25) is 0 Å². The van der Waals surface area contributed by atoms with Crippen LogP contribution in [0.15, 0.2) is 55.3 Å². The van der Waals surface area contributed by atoms with Crippen LogP contribution in [-0.2, 0) is 17.8 Å². The Kier molecular flexibility index (Phi) is 8.36. The van der Waals surface area contributed by atoms with E-state index in [-0.39, 0.29) is 17.8 Å². The highest BCUT2D eigenvalue weighted by Crippen LogP contribution is 2.38. The minimum Gasteiger partial charge on any atom is -0.436 e. The molecular formula is C34H38N8O3. The molecule has 0 bridgehead atoms. The molecule has 2 aromatic carbocycles. The van der Waals surface area contributed by atoms with Gasteiger partial charge in [0.05, 0.1) is 10.9 Å². The van der Waals surface area contributed by atoms with Crippen LogP contribution in [0.5, 0.6) is 23.4 Å². The smallest absolute Gasteiger partial charge is 0.324 e. The van der Waals surface area contributed by atoms with E-state index in [4.69, 9.17) is 30.6 Å². The number of pyridine rings is 1. The van der Waals surface area contributed by atoms with Crippen molar-refractivity contribution in [1.82, 2.24) is 24.8 Å². The Morgan fingerprint density at radius 2 is 1.87 bits per heavy atom. The normalized spacial score (nSPS) is 15.2. The van der Waals surface area contributed by atoms with Crippen LogP contribution in [-0.4, -0.2) is 75.6 Å². The summed E-state index contributed by atoms with van der Waals surface area (Å²) in [6, 6.07) is 12.2. The van der Waals surface area contributed by atoms with Gasteiger partial charge in [0, 0.05) is 69.0 Å². The maximum atomic E-state index is 12.3. The Balaban J connectivity index is 1.43. The molecule has 0 unspecified atom stereocenters. The Bertz CT molecular complexity index is 1780. The number of nitrogens with zero attached hydrogens (tertiary/aromatic N) is 6. The number of fused-ring (bicyclic) bond motifs is 2. The van der Waals surface area contributed by atoms with Gasteiger partial charge in [-0.15, -0.1) is 0 Å². The summed E-state index contributed by atoms with van der Waals surface area (Å²) in [5.74, 6) is 2.00. The maximum absolute atomic E-state index is 12.3. The summed E-state index contributed by atoms with van der Waals surface area (Å²) in [7, 11) is 0. The molecule has 11 nitrogen and oxygen atoms in total. The third-order valence-corrected chi connectivity index (χ3v) is 8.56. The lowest BCUT2D eigenvalue weighted by atomic mass is 9.98. The molecule has 3 N–H and O–H groups in total. The number of ether oxygens (including phenoxy) is 2. The van der Waals surface area contributed by atoms with Crippen LogP contribution in [0.4, 0.5) is 11.5 Å². The second-order valence-electron chi connectivity index (χ2n) is 11.6. The van der Waals surface area contributed by atoms with Gasteiger partial charge in [-0.25, -0.2) is 4.98 Å². The molecule has 0 aliphatic carbocycles. The van der Waals surface area contributed by atoms with E-state index >= 15 is 0 Å². The van der Waals surface area contributed by atoms with Crippen molar-refractivity contribution >= 4 is 34.5 Å². The highest BCUT2D eigenvalue weighted by atomic mass is 16.5. The summed E-state index contributed by atoms with van der Waals surface area (Å²) in [5.41, 5.74) is 10.7. The molecule has 2 aromatic heterocycles. The summed E-state index contributed by atoms with van der Waals surface area (Å²) in [6.45, 7) is 14.0. The highest BCUT2D eigenvalue weighted by molar-refractivity contribution is 5.94. The molecule has 4 heterocycles. The summed E-state index contributed by atoms with van der Waals surface area (Å²) in [4.78, 5) is 33.0. The number of nitrogen functional groups attached to an aromatic ring is 1. The molecule has 1 fully saturated rings. The zero-order valence-electron chi connectivity index (χ0n) is 25.9. The Labute approximate surface area is 262 Å². The van der Waals surface area contributed by atoms with Gasteiger partial charge in [-0.2, -0.15) is 9.97 Å². The number of aryl methyl sites for hydroxylation is 1. The van der Waals surface area contributed by atoms with E-state index in [1.165, 1.54) is 17.9 Å². The van der Waals surface area contributed by atoms with Crippen LogP contribution in [0.25, 0.3) is 10.9 Å².